The molecule has 2 aromatic carbocycles. The molecule has 2 aliphatic rings. The quantitative estimate of drug-likeness (QED) is 0.666. The zero-order chi connectivity index (χ0) is 22.0. The molecule has 4 rings (SSSR count). The van der Waals surface area contributed by atoms with Crippen LogP contribution in [-0.2, 0) is 16.0 Å². The van der Waals surface area contributed by atoms with Crippen molar-refractivity contribution in [1.29, 1.82) is 0 Å². The molecule has 4 amide bonds. The predicted octanol–water partition coefficient (Wildman–Crippen LogP) is 2.19. The van der Waals surface area contributed by atoms with Gasteiger partial charge in [0.1, 0.15) is 12.1 Å². The van der Waals surface area contributed by atoms with Crippen LogP contribution in [0.15, 0.2) is 48.5 Å². The van der Waals surface area contributed by atoms with Crippen molar-refractivity contribution in [1.82, 2.24) is 15.5 Å². The van der Waals surface area contributed by atoms with Crippen LogP contribution in [0.2, 0.25) is 0 Å². The number of hydrogen-bond donors (Lipinski definition) is 2. The second kappa shape index (κ2) is 8.29. The van der Waals surface area contributed by atoms with Gasteiger partial charge in [-0.1, -0.05) is 43.3 Å². The SMILES string of the molecule is C[C@H](CNC(=O)CN1C(=O)N[C@](C)(Cc2ccc3c(c2)OCO3)C1=O)c1ccccc1. The number of hydrogen-bond acceptors (Lipinski definition) is 5. The van der Waals surface area contributed by atoms with Gasteiger partial charge in [0.25, 0.3) is 5.91 Å². The van der Waals surface area contributed by atoms with Crippen LogP contribution >= 0.6 is 0 Å². The summed E-state index contributed by atoms with van der Waals surface area (Å²) >= 11 is 0. The highest BCUT2D eigenvalue weighted by atomic mass is 16.7. The summed E-state index contributed by atoms with van der Waals surface area (Å²) in [6.07, 6.45) is 0.275. The number of amides is 4. The van der Waals surface area contributed by atoms with Crippen LogP contribution in [0.3, 0.4) is 0 Å². The monoisotopic (exact) mass is 423 g/mol. The maximum atomic E-state index is 13.0. The summed E-state index contributed by atoms with van der Waals surface area (Å²) in [5.74, 6) is 0.574. The number of carbonyl (C=O) groups is 3. The lowest BCUT2D eigenvalue weighted by atomic mass is 9.92. The Morgan fingerprint density at radius 3 is 2.68 bits per heavy atom. The minimum Gasteiger partial charge on any atom is -0.454 e. The summed E-state index contributed by atoms with van der Waals surface area (Å²) in [6, 6.07) is 14.7. The first-order chi connectivity index (χ1) is 14.9. The second-order valence-corrected chi connectivity index (χ2v) is 8.13. The number of fused-ring (bicyclic) bond motifs is 1. The molecule has 2 N–H and O–H groups in total. The van der Waals surface area contributed by atoms with E-state index in [9.17, 15) is 14.4 Å². The number of nitrogens with one attached hydrogen (secondary N) is 2. The Hall–Kier alpha value is -3.55. The molecule has 2 aliphatic heterocycles. The van der Waals surface area contributed by atoms with Gasteiger partial charge in [0.15, 0.2) is 11.5 Å². The third-order valence-corrected chi connectivity index (χ3v) is 5.62. The highest BCUT2D eigenvalue weighted by molar-refractivity contribution is 6.08. The Labute approximate surface area is 180 Å². The lowest BCUT2D eigenvalue weighted by molar-refractivity contribution is -0.134. The summed E-state index contributed by atoms with van der Waals surface area (Å²) in [5, 5.41) is 5.54. The molecule has 8 heteroatoms. The fourth-order valence-electron chi connectivity index (χ4n) is 3.84. The molecule has 1 fully saturated rings. The summed E-state index contributed by atoms with van der Waals surface area (Å²) in [7, 11) is 0. The fourth-order valence-corrected chi connectivity index (χ4v) is 3.84. The van der Waals surface area contributed by atoms with Crippen LogP contribution in [0, 0.1) is 0 Å². The maximum Gasteiger partial charge on any atom is 0.325 e. The largest absolute Gasteiger partial charge is 0.454 e. The van der Waals surface area contributed by atoms with Gasteiger partial charge in [0, 0.05) is 13.0 Å². The van der Waals surface area contributed by atoms with E-state index >= 15 is 0 Å². The van der Waals surface area contributed by atoms with Crippen LogP contribution in [-0.4, -0.2) is 48.2 Å². The van der Waals surface area contributed by atoms with E-state index in [0.717, 1.165) is 16.0 Å². The molecule has 2 aromatic rings. The molecule has 0 aromatic heterocycles. The van der Waals surface area contributed by atoms with Crippen LogP contribution in [0.25, 0.3) is 0 Å². The zero-order valence-corrected chi connectivity index (χ0v) is 17.5. The van der Waals surface area contributed by atoms with E-state index in [2.05, 4.69) is 10.6 Å². The molecule has 2 atom stereocenters. The van der Waals surface area contributed by atoms with Gasteiger partial charge >= 0.3 is 6.03 Å². The van der Waals surface area contributed by atoms with E-state index in [1.54, 1.807) is 19.1 Å². The van der Waals surface area contributed by atoms with Crippen molar-refractivity contribution in [2.45, 2.75) is 31.7 Å². The Kier molecular flexibility index (Phi) is 5.54. The van der Waals surface area contributed by atoms with Crippen molar-refractivity contribution in [2.75, 3.05) is 19.9 Å². The molecular weight excluding hydrogens is 398 g/mol. The zero-order valence-electron chi connectivity index (χ0n) is 17.5. The van der Waals surface area contributed by atoms with E-state index in [1.165, 1.54) is 0 Å². The molecule has 0 spiro atoms. The van der Waals surface area contributed by atoms with Crippen LogP contribution in [0.4, 0.5) is 4.79 Å². The van der Waals surface area contributed by atoms with Gasteiger partial charge < -0.3 is 20.1 Å². The van der Waals surface area contributed by atoms with Crippen LogP contribution in [0.5, 0.6) is 11.5 Å². The van der Waals surface area contributed by atoms with Gasteiger partial charge in [0.05, 0.1) is 0 Å². The average Bonchev–Trinajstić information content (AvgIpc) is 3.30. The average molecular weight is 423 g/mol. The Bertz CT molecular complexity index is 1010. The van der Waals surface area contributed by atoms with E-state index < -0.39 is 17.5 Å². The van der Waals surface area contributed by atoms with Crippen molar-refractivity contribution in [3.05, 3.63) is 59.7 Å². The van der Waals surface area contributed by atoms with Crippen molar-refractivity contribution < 1.29 is 23.9 Å². The molecule has 0 aliphatic carbocycles. The minimum atomic E-state index is -1.14. The number of rotatable bonds is 7. The molecule has 0 saturated carbocycles. The highest BCUT2D eigenvalue weighted by Gasteiger charge is 2.48. The molecular formula is C23H25N3O5. The van der Waals surface area contributed by atoms with Crippen molar-refractivity contribution in [3.8, 4) is 11.5 Å². The van der Waals surface area contributed by atoms with Gasteiger partial charge in [0.2, 0.25) is 12.7 Å². The standard InChI is InChI=1S/C23H25N3O5/c1-15(17-6-4-3-5-7-17)12-24-20(27)13-26-21(28)23(2,25-22(26)29)11-16-8-9-18-19(10-16)31-14-30-18/h3-10,15H,11-14H2,1-2H3,(H,24,27)(H,25,29)/t15-,23-/m1/s1. The lowest BCUT2D eigenvalue weighted by Gasteiger charge is -2.22. The number of urea groups is 1. The summed E-state index contributed by atoms with van der Waals surface area (Å²) in [6.45, 7) is 3.93. The molecule has 0 bridgehead atoms. The van der Waals surface area contributed by atoms with Gasteiger partial charge in [-0.2, -0.15) is 0 Å². The summed E-state index contributed by atoms with van der Waals surface area (Å²) < 4.78 is 10.7. The number of nitrogens with zero attached hydrogens (tertiary/aromatic N) is 1. The van der Waals surface area contributed by atoms with Gasteiger partial charge in [-0.05, 0) is 36.1 Å². The first-order valence-corrected chi connectivity index (χ1v) is 10.2. The van der Waals surface area contributed by atoms with Crippen LogP contribution < -0.4 is 20.1 Å². The van der Waals surface area contributed by atoms with Crippen molar-refractivity contribution in [2.24, 2.45) is 0 Å². The fraction of sp³-hybridized carbons (Fsp3) is 0.348. The minimum absolute atomic E-state index is 0.115. The molecule has 162 valence electrons. The maximum absolute atomic E-state index is 13.0. The number of carbonyl (C=O) groups excluding carboxylic acids is 3. The van der Waals surface area contributed by atoms with Crippen LogP contribution in [0.1, 0.15) is 30.9 Å². The highest BCUT2D eigenvalue weighted by Crippen LogP contribution is 2.34. The Balaban J connectivity index is 1.35. The third kappa shape index (κ3) is 4.33. The number of benzene rings is 2. The van der Waals surface area contributed by atoms with E-state index in [-0.39, 0.29) is 31.6 Å². The third-order valence-electron chi connectivity index (χ3n) is 5.62. The molecule has 0 radical (unpaired) electrons. The first kappa shape index (κ1) is 20.7. The normalized spacial score (nSPS) is 20.5. The molecule has 8 nitrogen and oxygen atoms in total. The van der Waals surface area contributed by atoms with E-state index in [1.807, 2.05) is 43.3 Å². The molecule has 2 heterocycles. The lowest BCUT2D eigenvalue weighted by Crippen LogP contribution is -2.47. The summed E-state index contributed by atoms with van der Waals surface area (Å²) in [5.41, 5.74) is 0.792. The van der Waals surface area contributed by atoms with Crippen molar-refractivity contribution in [3.63, 3.8) is 0 Å². The molecule has 0 unspecified atom stereocenters. The Morgan fingerprint density at radius 2 is 1.90 bits per heavy atom. The first-order valence-electron chi connectivity index (χ1n) is 10.2. The summed E-state index contributed by atoms with van der Waals surface area (Å²) in [4.78, 5) is 38.8. The number of imide groups is 1. The van der Waals surface area contributed by atoms with Gasteiger partial charge in [-0.3, -0.25) is 14.5 Å². The smallest absolute Gasteiger partial charge is 0.325 e. The molecule has 1 saturated heterocycles. The van der Waals surface area contributed by atoms with Gasteiger partial charge in [-0.15, -0.1) is 0 Å². The topological polar surface area (TPSA) is 97.0 Å². The van der Waals surface area contributed by atoms with Crippen molar-refractivity contribution >= 4 is 17.8 Å². The second-order valence-electron chi connectivity index (χ2n) is 8.13. The molecule has 31 heavy (non-hydrogen) atoms. The van der Waals surface area contributed by atoms with E-state index in [4.69, 9.17) is 9.47 Å². The predicted molar refractivity (Wildman–Crippen MR) is 113 cm³/mol. The van der Waals surface area contributed by atoms with Gasteiger partial charge in [-0.25, -0.2) is 4.79 Å². The number of ether oxygens (including phenoxy) is 2. The Morgan fingerprint density at radius 1 is 1.16 bits per heavy atom. The van der Waals surface area contributed by atoms with E-state index in [0.29, 0.717) is 18.0 Å².